The lowest BCUT2D eigenvalue weighted by atomic mass is 10.0. The van der Waals surface area contributed by atoms with Crippen LogP contribution in [0.4, 0.5) is 0 Å². The fourth-order valence-corrected chi connectivity index (χ4v) is 3.27. The monoisotopic (exact) mass is 363 g/mol. The van der Waals surface area contributed by atoms with Crippen molar-refractivity contribution in [1.29, 1.82) is 0 Å². The van der Waals surface area contributed by atoms with Gasteiger partial charge >= 0.3 is 0 Å². The van der Waals surface area contributed by atoms with Crippen LogP contribution in [0.15, 0.2) is 40.4 Å². The molecule has 1 aromatic carbocycles. The van der Waals surface area contributed by atoms with E-state index >= 15 is 0 Å². The summed E-state index contributed by atoms with van der Waals surface area (Å²) < 4.78 is 24.5. The van der Waals surface area contributed by atoms with Gasteiger partial charge in [0, 0.05) is 41.0 Å². The third kappa shape index (κ3) is 2.81. The number of rotatable bonds is 2. The Bertz CT molecular complexity index is 1140. The van der Waals surface area contributed by atoms with Crippen molar-refractivity contribution in [2.24, 2.45) is 7.05 Å². The number of pyridine rings is 1. The van der Waals surface area contributed by atoms with E-state index in [2.05, 4.69) is 9.97 Å². The molecule has 0 fully saturated rings. The standard InChI is InChI=1S/C16H14ClN3O3S/c1-9-4-5-11(13(17)6-9)12-7-10-8-18-16(24(3,22)23)19-14(10)20(2)15(12)21/h4-8H,1-3H3. The summed E-state index contributed by atoms with van der Waals surface area (Å²) in [4.78, 5) is 20.6. The number of halogens is 1. The Balaban J connectivity index is 2.33. The van der Waals surface area contributed by atoms with Crippen LogP contribution in [0.3, 0.4) is 0 Å². The van der Waals surface area contributed by atoms with E-state index in [-0.39, 0.29) is 16.4 Å². The van der Waals surface area contributed by atoms with E-state index in [4.69, 9.17) is 11.6 Å². The average Bonchev–Trinajstić information content (AvgIpc) is 2.50. The van der Waals surface area contributed by atoms with Crippen LogP contribution in [0, 0.1) is 6.92 Å². The Morgan fingerprint density at radius 3 is 2.50 bits per heavy atom. The zero-order chi connectivity index (χ0) is 17.6. The van der Waals surface area contributed by atoms with Gasteiger partial charge in [-0.2, -0.15) is 4.98 Å². The van der Waals surface area contributed by atoms with Crippen molar-refractivity contribution in [3.8, 4) is 11.1 Å². The summed E-state index contributed by atoms with van der Waals surface area (Å²) in [6, 6.07) is 7.06. The van der Waals surface area contributed by atoms with Crippen molar-refractivity contribution in [1.82, 2.24) is 14.5 Å². The number of hydrogen-bond donors (Lipinski definition) is 0. The van der Waals surface area contributed by atoms with Crippen molar-refractivity contribution >= 4 is 32.5 Å². The maximum absolute atomic E-state index is 12.7. The van der Waals surface area contributed by atoms with Crippen LogP contribution in [0.5, 0.6) is 0 Å². The van der Waals surface area contributed by atoms with Crippen molar-refractivity contribution < 1.29 is 8.42 Å². The minimum atomic E-state index is -3.56. The second-order valence-electron chi connectivity index (χ2n) is 5.61. The molecule has 2 heterocycles. The number of nitrogens with zero attached hydrogens (tertiary/aromatic N) is 3. The van der Waals surface area contributed by atoms with Crippen molar-refractivity contribution in [2.45, 2.75) is 12.1 Å². The molecule has 0 N–H and O–H groups in total. The number of hydrogen-bond acceptors (Lipinski definition) is 5. The van der Waals surface area contributed by atoms with Gasteiger partial charge in [-0.3, -0.25) is 9.36 Å². The zero-order valence-corrected chi connectivity index (χ0v) is 14.8. The summed E-state index contributed by atoms with van der Waals surface area (Å²) in [5.41, 5.74) is 1.94. The van der Waals surface area contributed by atoms with Gasteiger partial charge in [-0.15, -0.1) is 0 Å². The predicted octanol–water partition coefficient (Wildman–Crippen LogP) is 2.36. The molecule has 0 amide bonds. The van der Waals surface area contributed by atoms with Gasteiger partial charge in [0.2, 0.25) is 15.0 Å². The molecule has 0 aliphatic carbocycles. The van der Waals surface area contributed by atoms with Crippen LogP contribution < -0.4 is 5.56 Å². The van der Waals surface area contributed by atoms with E-state index in [0.717, 1.165) is 11.8 Å². The van der Waals surface area contributed by atoms with Crippen LogP contribution in [-0.4, -0.2) is 29.2 Å². The number of benzene rings is 1. The molecule has 0 spiro atoms. The second kappa shape index (κ2) is 5.68. The summed E-state index contributed by atoms with van der Waals surface area (Å²) in [5, 5.41) is 0.711. The molecule has 0 unspecified atom stereocenters. The van der Waals surface area contributed by atoms with Crippen LogP contribution in [0.2, 0.25) is 5.02 Å². The molecule has 124 valence electrons. The van der Waals surface area contributed by atoms with E-state index in [9.17, 15) is 13.2 Å². The minimum Gasteiger partial charge on any atom is -0.295 e. The number of aryl methyl sites for hydroxylation is 2. The van der Waals surface area contributed by atoms with Gasteiger partial charge in [0.15, 0.2) is 0 Å². The van der Waals surface area contributed by atoms with Gasteiger partial charge in [0.1, 0.15) is 5.65 Å². The molecule has 0 aliphatic rings. The average molecular weight is 364 g/mol. The predicted molar refractivity (Wildman–Crippen MR) is 93.1 cm³/mol. The van der Waals surface area contributed by atoms with Crippen LogP contribution in [-0.2, 0) is 16.9 Å². The van der Waals surface area contributed by atoms with E-state index in [0.29, 0.717) is 21.5 Å². The molecule has 24 heavy (non-hydrogen) atoms. The highest BCUT2D eigenvalue weighted by Crippen LogP contribution is 2.28. The lowest BCUT2D eigenvalue weighted by molar-refractivity contribution is 0.593. The van der Waals surface area contributed by atoms with Crippen molar-refractivity contribution in [3.63, 3.8) is 0 Å². The van der Waals surface area contributed by atoms with Gasteiger partial charge in [0.05, 0.1) is 0 Å². The summed E-state index contributed by atoms with van der Waals surface area (Å²) in [7, 11) is -2.02. The normalized spacial score (nSPS) is 11.8. The maximum Gasteiger partial charge on any atom is 0.259 e. The fraction of sp³-hybridized carbons (Fsp3) is 0.188. The Morgan fingerprint density at radius 1 is 1.17 bits per heavy atom. The largest absolute Gasteiger partial charge is 0.295 e. The third-order valence-corrected chi connectivity index (χ3v) is 4.85. The Labute approximate surface area is 143 Å². The first-order valence-corrected chi connectivity index (χ1v) is 9.29. The zero-order valence-electron chi connectivity index (χ0n) is 13.2. The van der Waals surface area contributed by atoms with E-state index < -0.39 is 9.84 Å². The topological polar surface area (TPSA) is 81.9 Å². The summed E-state index contributed by atoms with van der Waals surface area (Å²) >= 11 is 6.27. The highest BCUT2D eigenvalue weighted by molar-refractivity contribution is 7.90. The molecule has 0 radical (unpaired) electrons. The Hall–Kier alpha value is -2.25. The quantitative estimate of drug-likeness (QED) is 0.653. The molecule has 0 saturated heterocycles. The lowest BCUT2D eigenvalue weighted by Gasteiger charge is -2.10. The fourth-order valence-electron chi connectivity index (χ4n) is 2.44. The van der Waals surface area contributed by atoms with Gasteiger partial charge in [-0.05, 0) is 24.6 Å². The van der Waals surface area contributed by atoms with Gasteiger partial charge < -0.3 is 0 Å². The van der Waals surface area contributed by atoms with Gasteiger partial charge in [-0.1, -0.05) is 23.7 Å². The van der Waals surface area contributed by atoms with Crippen molar-refractivity contribution in [2.75, 3.05) is 6.26 Å². The molecular weight excluding hydrogens is 350 g/mol. The minimum absolute atomic E-state index is 0.252. The molecule has 0 saturated carbocycles. The smallest absolute Gasteiger partial charge is 0.259 e. The second-order valence-corrected chi connectivity index (χ2v) is 7.93. The molecular formula is C16H14ClN3O3S. The van der Waals surface area contributed by atoms with E-state index in [1.54, 1.807) is 18.2 Å². The first-order valence-electron chi connectivity index (χ1n) is 7.02. The van der Waals surface area contributed by atoms with Crippen LogP contribution in [0.25, 0.3) is 22.2 Å². The number of aromatic nitrogens is 3. The molecule has 3 rings (SSSR count). The van der Waals surface area contributed by atoms with Crippen LogP contribution >= 0.6 is 11.6 Å². The first-order chi connectivity index (χ1) is 11.2. The molecule has 6 nitrogen and oxygen atoms in total. The molecule has 8 heteroatoms. The molecule has 3 aromatic rings. The molecule has 0 atom stereocenters. The highest BCUT2D eigenvalue weighted by atomic mass is 35.5. The lowest BCUT2D eigenvalue weighted by Crippen LogP contribution is -2.20. The Morgan fingerprint density at radius 2 is 1.88 bits per heavy atom. The number of fused-ring (bicyclic) bond motifs is 1. The van der Waals surface area contributed by atoms with Gasteiger partial charge in [0.25, 0.3) is 5.56 Å². The third-order valence-electron chi connectivity index (χ3n) is 3.67. The SMILES string of the molecule is Cc1ccc(-c2cc3cnc(S(C)(=O)=O)nc3n(C)c2=O)c(Cl)c1. The highest BCUT2D eigenvalue weighted by Gasteiger charge is 2.16. The van der Waals surface area contributed by atoms with E-state index in [1.807, 2.05) is 13.0 Å². The first kappa shape index (κ1) is 16.6. The number of sulfone groups is 1. The summed E-state index contributed by atoms with van der Waals surface area (Å²) in [6.07, 6.45) is 2.41. The van der Waals surface area contributed by atoms with Crippen molar-refractivity contribution in [3.05, 3.63) is 51.4 Å². The molecule has 0 bridgehead atoms. The maximum atomic E-state index is 12.7. The molecule has 2 aromatic heterocycles. The Kier molecular flexibility index (Phi) is 3.93. The van der Waals surface area contributed by atoms with E-state index in [1.165, 1.54) is 17.8 Å². The molecule has 0 aliphatic heterocycles. The summed E-state index contributed by atoms with van der Waals surface area (Å²) in [6.45, 7) is 1.91. The summed E-state index contributed by atoms with van der Waals surface area (Å²) in [5.74, 6) is 0. The van der Waals surface area contributed by atoms with Gasteiger partial charge in [-0.25, -0.2) is 13.4 Å². The van der Waals surface area contributed by atoms with Crippen LogP contribution in [0.1, 0.15) is 5.56 Å².